The molecule has 2 aromatic heterocycles. The van der Waals surface area contributed by atoms with E-state index < -0.39 is 6.10 Å². The number of H-pyrrole nitrogens is 1. The van der Waals surface area contributed by atoms with Crippen LogP contribution in [0, 0.1) is 6.92 Å². The molecule has 1 amide bonds. The number of carbonyl (C=O) groups is 1. The Morgan fingerprint density at radius 2 is 2.23 bits per heavy atom. The van der Waals surface area contributed by atoms with Gasteiger partial charge in [0.25, 0.3) is 0 Å². The van der Waals surface area contributed by atoms with Gasteiger partial charge < -0.3 is 24.7 Å². The van der Waals surface area contributed by atoms with Gasteiger partial charge in [0.1, 0.15) is 12.4 Å². The first-order valence-electron chi connectivity index (χ1n) is 8.21. The van der Waals surface area contributed by atoms with E-state index in [9.17, 15) is 9.90 Å². The monoisotopic (exact) mass is 377 g/mol. The molecule has 0 radical (unpaired) electrons. The number of aromatic nitrogens is 2. The van der Waals surface area contributed by atoms with Gasteiger partial charge in [0.05, 0.1) is 29.8 Å². The molecule has 0 bridgehead atoms. The molecule has 138 valence electrons. The molecule has 3 N–H and O–H groups in total. The van der Waals surface area contributed by atoms with Gasteiger partial charge in [0, 0.05) is 28.7 Å². The second-order valence-corrected chi connectivity index (χ2v) is 6.62. The fourth-order valence-electron chi connectivity index (χ4n) is 2.57. The highest BCUT2D eigenvalue weighted by atomic mass is 35.5. The molecule has 1 unspecified atom stereocenters. The molecule has 7 nitrogen and oxygen atoms in total. The molecule has 0 aliphatic rings. The van der Waals surface area contributed by atoms with Crippen molar-refractivity contribution in [2.75, 3.05) is 0 Å². The first-order valence-corrected chi connectivity index (χ1v) is 8.59. The van der Waals surface area contributed by atoms with Crippen molar-refractivity contribution in [3.8, 4) is 5.75 Å². The summed E-state index contributed by atoms with van der Waals surface area (Å²) in [6, 6.07) is 7.32. The third-order valence-corrected chi connectivity index (χ3v) is 4.03. The van der Waals surface area contributed by atoms with Crippen LogP contribution < -0.4 is 10.1 Å². The first kappa shape index (κ1) is 18.3. The van der Waals surface area contributed by atoms with Gasteiger partial charge in [0.15, 0.2) is 5.76 Å². The fourth-order valence-corrected chi connectivity index (χ4v) is 2.79. The third kappa shape index (κ3) is 4.56. The van der Waals surface area contributed by atoms with Crippen molar-refractivity contribution < 1.29 is 19.2 Å². The molecule has 2 heterocycles. The Morgan fingerprint density at radius 3 is 2.92 bits per heavy atom. The summed E-state index contributed by atoms with van der Waals surface area (Å²) >= 11 is 6.29. The number of amides is 1. The lowest BCUT2D eigenvalue weighted by Crippen LogP contribution is -2.25. The molecule has 0 saturated heterocycles. The molecule has 0 fully saturated rings. The van der Waals surface area contributed by atoms with Crippen molar-refractivity contribution in [3.63, 3.8) is 0 Å². The molecule has 1 atom stereocenters. The third-order valence-electron chi connectivity index (χ3n) is 3.73. The maximum atomic E-state index is 11.6. The van der Waals surface area contributed by atoms with E-state index in [0.29, 0.717) is 23.1 Å². The van der Waals surface area contributed by atoms with Crippen LogP contribution in [0.25, 0.3) is 10.9 Å². The van der Waals surface area contributed by atoms with Crippen molar-refractivity contribution in [1.29, 1.82) is 0 Å². The van der Waals surface area contributed by atoms with Crippen LogP contribution in [0.4, 0.5) is 0 Å². The smallest absolute Gasteiger partial charge is 0.222 e. The molecule has 8 heteroatoms. The summed E-state index contributed by atoms with van der Waals surface area (Å²) in [5, 5.41) is 17.2. The Hall–Kier alpha value is -2.51. The Morgan fingerprint density at radius 1 is 1.42 bits per heavy atom. The van der Waals surface area contributed by atoms with Crippen LogP contribution in [0.15, 0.2) is 28.8 Å². The molecule has 3 aromatic rings. The fraction of sp³-hybridized carbons (Fsp3) is 0.333. The van der Waals surface area contributed by atoms with E-state index >= 15 is 0 Å². The average molecular weight is 378 g/mol. The number of benzene rings is 1. The number of aryl methyl sites for hydroxylation is 1. The largest absolute Gasteiger partial charge is 0.484 e. The molecular formula is C18H20ClN3O4. The van der Waals surface area contributed by atoms with E-state index in [1.165, 1.54) is 0 Å². The van der Waals surface area contributed by atoms with E-state index in [1.54, 1.807) is 19.1 Å². The molecule has 0 aliphatic heterocycles. The van der Waals surface area contributed by atoms with Crippen molar-refractivity contribution in [2.45, 2.75) is 39.5 Å². The van der Waals surface area contributed by atoms with Gasteiger partial charge in [-0.25, -0.2) is 0 Å². The number of carbonyl (C=O) groups excluding carboxylic acids is 1. The van der Waals surface area contributed by atoms with E-state index in [4.69, 9.17) is 20.9 Å². The lowest BCUT2D eigenvalue weighted by molar-refractivity contribution is -0.122. The van der Waals surface area contributed by atoms with Crippen LogP contribution in [0.2, 0.25) is 5.02 Å². The summed E-state index contributed by atoms with van der Waals surface area (Å²) in [6.07, 6.45) is -0.588. The number of aliphatic hydroxyl groups excluding tert-OH is 1. The number of hydrogen-bond acceptors (Lipinski definition) is 5. The molecule has 0 spiro atoms. The van der Waals surface area contributed by atoms with Crippen LogP contribution in [0.5, 0.6) is 5.75 Å². The number of halogens is 1. The first-order chi connectivity index (χ1) is 12.4. The number of fused-ring (bicyclic) bond motifs is 1. The maximum Gasteiger partial charge on any atom is 0.222 e. The highest BCUT2D eigenvalue weighted by molar-refractivity contribution is 6.32. The van der Waals surface area contributed by atoms with E-state index in [-0.39, 0.29) is 18.9 Å². The Balaban J connectivity index is 1.68. The highest BCUT2D eigenvalue weighted by Gasteiger charge is 2.11. The lowest BCUT2D eigenvalue weighted by atomic mass is 10.2. The van der Waals surface area contributed by atoms with Crippen LogP contribution in [0.1, 0.15) is 30.5 Å². The quantitative estimate of drug-likeness (QED) is 0.587. The van der Waals surface area contributed by atoms with Crippen molar-refractivity contribution in [1.82, 2.24) is 15.5 Å². The molecular weight excluding hydrogens is 358 g/mol. The van der Waals surface area contributed by atoms with Gasteiger partial charge in [-0.2, -0.15) is 0 Å². The summed E-state index contributed by atoms with van der Waals surface area (Å²) in [5.74, 6) is 0.939. The summed E-state index contributed by atoms with van der Waals surface area (Å²) in [5.41, 5.74) is 2.47. The van der Waals surface area contributed by atoms with Crippen LogP contribution in [0.3, 0.4) is 0 Å². The number of aliphatic hydroxyl groups is 1. The molecule has 1 aromatic carbocycles. The minimum Gasteiger partial charge on any atom is -0.484 e. The van der Waals surface area contributed by atoms with Crippen LogP contribution >= 0.6 is 11.6 Å². The SMILES string of the molecule is Cc1cc(COc2cc3[nH]c(CNC(=O)CC(C)O)cc3cc2Cl)on1. The molecule has 26 heavy (non-hydrogen) atoms. The van der Waals surface area contributed by atoms with Gasteiger partial charge in [-0.15, -0.1) is 0 Å². The number of hydrogen-bond donors (Lipinski definition) is 3. The predicted octanol–water partition coefficient (Wildman–Crippen LogP) is 3.08. The van der Waals surface area contributed by atoms with Gasteiger partial charge in [0.2, 0.25) is 5.91 Å². The number of nitrogens with zero attached hydrogens (tertiary/aromatic N) is 1. The Kier molecular flexibility index (Phi) is 5.49. The van der Waals surface area contributed by atoms with E-state index in [1.807, 2.05) is 19.1 Å². The predicted molar refractivity (Wildman–Crippen MR) is 97.0 cm³/mol. The van der Waals surface area contributed by atoms with E-state index in [2.05, 4.69) is 15.5 Å². The second kappa shape index (κ2) is 7.80. The van der Waals surface area contributed by atoms with Crippen molar-refractivity contribution >= 4 is 28.4 Å². The minimum atomic E-state index is -0.663. The number of nitrogens with one attached hydrogen (secondary N) is 2. The summed E-state index contributed by atoms with van der Waals surface area (Å²) < 4.78 is 10.8. The zero-order valence-electron chi connectivity index (χ0n) is 14.5. The Bertz CT molecular complexity index is 916. The Labute approximate surface area is 155 Å². The molecule has 0 aliphatic carbocycles. The summed E-state index contributed by atoms with van der Waals surface area (Å²) in [7, 11) is 0. The number of aromatic amines is 1. The summed E-state index contributed by atoms with van der Waals surface area (Å²) in [4.78, 5) is 14.9. The zero-order valence-corrected chi connectivity index (χ0v) is 15.3. The summed E-state index contributed by atoms with van der Waals surface area (Å²) in [6.45, 7) is 3.99. The normalized spacial score (nSPS) is 12.3. The average Bonchev–Trinajstić information content (AvgIpc) is 3.15. The second-order valence-electron chi connectivity index (χ2n) is 6.22. The van der Waals surface area contributed by atoms with Crippen LogP contribution in [-0.2, 0) is 17.9 Å². The number of ether oxygens (including phenoxy) is 1. The highest BCUT2D eigenvalue weighted by Crippen LogP contribution is 2.31. The van der Waals surface area contributed by atoms with Gasteiger partial charge in [-0.3, -0.25) is 4.79 Å². The topological polar surface area (TPSA) is 100 Å². The standard InChI is InChI=1S/C18H20ClN3O4/c1-10-3-14(26-22-10)9-25-17-7-16-12(6-15(17)19)5-13(21-16)8-20-18(24)4-11(2)23/h3,5-7,11,21,23H,4,8-9H2,1-2H3,(H,20,24). The van der Waals surface area contributed by atoms with E-state index in [0.717, 1.165) is 22.3 Å². The zero-order chi connectivity index (χ0) is 18.7. The van der Waals surface area contributed by atoms with Gasteiger partial charge >= 0.3 is 0 Å². The lowest BCUT2D eigenvalue weighted by Gasteiger charge is -2.06. The number of rotatable bonds is 7. The molecule has 0 saturated carbocycles. The molecule has 3 rings (SSSR count). The van der Waals surface area contributed by atoms with Gasteiger partial charge in [-0.05, 0) is 26.0 Å². The van der Waals surface area contributed by atoms with Gasteiger partial charge in [-0.1, -0.05) is 16.8 Å². The van der Waals surface area contributed by atoms with Crippen LogP contribution in [-0.4, -0.2) is 27.3 Å². The maximum absolute atomic E-state index is 11.6. The van der Waals surface area contributed by atoms with Crippen molar-refractivity contribution in [3.05, 3.63) is 46.4 Å². The van der Waals surface area contributed by atoms with Crippen molar-refractivity contribution in [2.24, 2.45) is 0 Å². The minimum absolute atomic E-state index is 0.0746.